The van der Waals surface area contributed by atoms with Crippen molar-refractivity contribution in [3.8, 4) is 0 Å². The SMILES string of the molecule is CCN1CC[C@]2(CN(C3CCOC3)C[C@H]2c2ccccc2)C1=O. The van der Waals surface area contributed by atoms with Crippen LogP contribution in [0.25, 0.3) is 0 Å². The highest BCUT2D eigenvalue weighted by Crippen LogP contribution is 2.50. The highest BCUT2D eigenvalue weighted by atomic mass is 16.5. The number of carbonyl (C=O) groups excluding carboxylic acids is 1. The Balaban J connectivity index is 1.67. The molecule has 3 heterocycles. The molecule has 1 aromatic rings. The summed E-state index contributed by atoms with van der Waals surface area (Å²) in [4.78, 5) is 17.7. The summed E-state index contributed by atoms with van der Waals surface area (Å²) in [7, 11) is 0. The Labute approximate surface area is 138 Å². The molecule has 124 valence electrons. The quantitative estimate of drug-likeness (QED) is 0.857. The van der Waals surface area contributed by atoms with E-state index in [4.69, 9.17) is 4.74 Å². The van der Waals surface area contributed by atoms with Crippen molar-refractivity contribution in [3.63, 3.8) is 0 Å². The Morgan fingerprint density at radius 1 is 1.30 bits per heavy atom. The molecule has 1 spiro atoms. The minimum atomic E-state index is -0.222. The molecule has 0 aromatic heterocycles. The Hall–Kier alpha value is -1.39. The van der Waals surface area contributed by atoms with E-state index in [1.165, 1.54) is 5.56 Å². The van der Waals surface area contributed by atoms with Gasteiger partial charge < -0.3 is 9.64 Å². The van der Waals surface area contributed by atoms with Crippen LogP contribution in [0.1, 0.15) is 31.2 Å². The van der Waals surface area contributed by atoms with Gasteiger partial charge in [0.1, 0.15) is 0 Å². The number of likely N-dealkylation sites (tertiary alicyclic amines) is 2. The van der Waals surface area contributed by atoms with Gasteiger partial charge in [0.15, 0.2) is 0 Å². The van der Waals surface area contributed by atoms with Crippen LogP contribution >= 0.6 is 0 Å². The molecule has 0 radical (unpaired) electrons. The van der Waals surface area contributed by atoms with Crippen molar-refractivity contribution < 1.29 is 9.53 Å². The molecule has 4 rings (SSSR count). The number of hydrogen-bond donors (Lipinski definition) is 0. The molecule has 3 aliphatic rings. The predicted molar refractivity (Wildman–Crippen MR) is 89.3 cm³/mol. The van der Waals surface area contributed by atoms with Gasteiger partial charge in [-0.2, -0.15) is 0 Å². The van der Waals surface area contributed by atoms with Crippen LogP contribution in [0.5, 0.6) is 0 Å². The molecule has 0 aliphatic carbocycles. The fourth-order valence-electron chi connectivity index (χ4n) is 4.77. The second-order valence-corrected chi connectivity index (χ2v) is 7.20. The lowest BCUT2D eigenvalue weighted by Crippen LogP contribution is -2.41. The first-order valence-electron chi connectivity index (χ1n) is 8.91. The molecule has 23 heavy (non-hydrogen) atoms. The number of amides is 1. The molecule has 4 nitrogen and oxygen atoms in total. The summed E-state index contributed by atoms with van der Waals surface area (Å²) in [5, 5.41) is 0. The maximum Gasteiger partial charge on any atom is 0.230 e. The maximum absolute atomic E-state index is 13.2. The first kappa shape index (κ1) is 15.2. The molecule has 0 N–H and O–H groups in total. The van der Waals surface area contributed by atoms with E-state index < -0.39 is 0 Å². The zero-order chi connectivity index (χ0) is 15.9. The molecule has 1 amide bonds. The summed E-state index contributed by atoms with van der Waals surface area (Å²) < 4.78 is 5.59. The van der Waals surface area contributed by atoms with Gasteiger partial charge in [0.2, 0.25) is 5.91 Å². The number of nitrogens with zero attached hydrogens (tertiary/aromatic N) is 2. The summed E-state index contributed by atoms with van der Waals surface area (Å²) in [6, 6.07) is 11.1. The lowest BCUT2D eigenvalue weighted by molar-refractivity contribution is -0.136. The average Bonchev–Trinajstić information content (AvgIpc) is 3.30. The molecule has 3 atom stereocenters. The molecule has 1 aromatic carbocycles. The van der Waals surface area contributed by atoms with Crippen molar-refractivity contribution in [2.24, 2.45) is 5.41 Å². The minimum absolute atomic E-state index is 0.222. The highest BCUT2D eigenvalue weighted by molar-refractivity contribution is 5.87. The van der Waals surface area contributed by atoms with Gasteiger partial charge >= 0.3 is 0 Å². The standard InChI is InChI=1S/C19H26N2O2/c1-2-20-10-9-19(18(20)22)14-21(16-8-11-23-13-16)12-17(19)15-6-4-3-5-7-15/h3-7,16-17H,2,8-14H2,1H3/t16?,17-,19+/m0/s1. The Kier molecular flexibility index (Phi) is 3.90. The van der Waals surface area contributed by atoms with Crippen LogP contribution in [-0.4, -0.2) is 61.1 Å². The van der Waals surface area contributed by atoms with Gasteiger partial charge in [-0.15, -0.1) is 0 Å². The van der Waals surface area contributed by atoms with E-state index in [-0.39, 0.29) is 5.41 Å². The zero-order valence-electron chi connectivity index (χ0n) is 13.9. The summed E-state index contributed by atoms with van der Waals surface area (Å²) in [6.07, 6.45) is 2.09. The number of carbonyl (C=O) groups is 1. The normalized spacial score (nSPS) is 34.8. The molecule has 3 fully saturated rings. The van der Waals surface area contributed by atoms with Gasteiger partial charge in [0.05, 0.1) is 12.0 Å². The van der Waals surface area contributed by atoms with Crippen molar-refractivity contribution >= 4 is 5.91 Å². The number of benzene rings is 1. The van der Waals surface area contributed by atoms with Gasteiger partial charge in [-0.25, -0.2) is 0 Å². The van der Waals surface area contributed by atoms with Crippen molar-refractivity contribution in [2.45, 2.75) is 31.7 Å². The van der Waals surface area contributed by atoms with Gasteiger partial charge in [0.25, 0.3) is 0 Å². The van der Waals surface area contributed by atoms with Crippen LogP contribution in [0, 0.1) is 5.41 Å². The zero-order valence-corrected chi connectivity index (χ0v) is 13.9. The molecule has 0 saturated carbocycles. The van der Waals surface area contributed by atoms with E-state index in [2.05, 4.69) is 42.2 Å². The molecule has 3 saturated heterocycles. The van der Waals surface area contributed by atoms with Crippen LogP contribution in [0.15, 0.2) is 30.3 Å². The molecule has 4 heteroatoms. The third-order valence-corrected chi connectivity index (χ3v) is 6.12. The van der Waals surface area contributed by atoms with E-state index in [0.29, 0.717) is 17.9 Å². The van der Waals surface area contributed by atoms with Crippen LogP contribution < -0.4 is 0 Å². The molecule has 3 aliphatic heterocycles. The fraction of sp³-hybridized carbons (Fsp3) is 0.632. The third-order valence-electron chi connectivity index (χ3n) is 6.12. The second-order valence-electron chi connectivity index (χ2n) is 7.20. The number of ether oxygens (including phenoxy) is 1. The second kappa shape index (κ2) is 5.91. The average molecular weight is 314 g/mol. The van der Waals surface area contributed by atoms with E-state index >= 15 is 0 Å². The van der Waals surface area contributed by atoms with E-state index in [0.717, 1.165) is 52.2 Å². The summed E-state index contributed by atoms with van der Waals surface area (Å²) in [6.45, 7) is 7.40. The molecule has 1 unspecified atom stereocenters. The number of rotatable bonds is 3. The van der Waals surface area contributed by atoms with Gasteiger partial charge in [-0.05, 0) is 25.3 Å². The monoisotopic (exact) mass is 314 g/mol. The maximum atomic E-state index is 13.2. The number of hydrogen-bond acceptors (Lipinski definition) is 3. The van der Waals surface area contributed by atoms with E-state index in [1.807, 2.05) is 4.90 Å². The first-order chi connectivity index (χ1) is 11.2. The Morgan fingerprint density at radius 3 is 2.78 bits per heavy atom. The summed E-state index contributed by atoms with van der Waals surface area (Å²) in [5.41, 5.74) is 1.10. The first-order valence-corrected chi connectivity index (χ1v) is 8.91. The lowest BCUT2D eigenvalue weighted by Gasteiger charge is -2.29. The topological polar surface area (TPSA) is 32.8 Å². The highest BCUT2D eigenvalue weighted by Gasteiger charge is 2.57. The predicted octanol–water partition coefficient (Wildman–Crippen LogP) is 2.11. The lowest BCUT2D eigenvalue weighted by atomic mass is 9.73. The Morgan fingerprint density at radius 2 is 2.13 bits per heavy atom. The van der Waals surface area contributed by atoms with E-state index in [1.54, 1.807) is 0 Å². The van der Waals surface area contributed by atoms with Crippen molar-refractivity contribution in [2.75, 3.05) is 39.4 Å². The van der Waals surface area contributed by atoms with Crippen LogP contribution in [0.3, 0.4) is 0 Å². The van der Waals surface area contributed by atoms with Crippen molar-refractivity contribution in [3.05, 3.63) is 35.9 Å². The molecule has 0 bridgehead atoms. The minimum Gasteiger partial charge on any atom is -0.380 e. The summed E-state index contributed by atoms with van der Waals surface area (Å²) >= 11 is 0. The van der Waals surface area contributed by atoms with Crippen LogP contribution in [0.4, 0.5) is 0 Å². The smallest absolute Gasteiger partial charge is 0.230 e. The molecular weight excluding hydrogens is 288 g/mol. The van der Waals surface area contributed by atoms with Gasteiger partial charge in [-0.3, -0.25) is 9.69 Å². The largest absolute Gasteiger partial charge is 0.380 e. The van der Waals surface area contributed by atoms with Crippen molar-refractivity contribution in [1.29, 1.82) is 0 Å². The van der Waals surface area contributed by atoms with Gasteiger partial charge in [0, 0.05) is 44.7 Å². The third kappa shape index (κ3) is 2.39. The van der Waals surface area contributed by atoms with E-state index in [9.17, 15) is 4.79 Å². The van der Waals surface area contributed by atoms with Gasteiger partial charge in [-0.1, -0.05) is 30.3 Å². The summed E-state index contributed by atoms with van der Waals surface area (Å²) in [5.74, 6) is 0.684. The Bertz CT molecular complexity index is 570. The molecular formula is C19H26N2O2. The van der Waals surface area contributed by atoms with Crippen LogP contribution in [0.2, 0.25) is 0 Å². The fourth-order valence-corrected chi connectivity index (χ4v) is 4.77. The van der Waals surface area contributed by atoms with Crippen LogP contribution in [-0.2, 0) is 9.53 Å². The van der Waals surface area contributed by atoms with Crippen molar-refractivity contribution in [1.82, 2.24) is 9.80 Å².